The van der Waals surface area contributed by atoms with Crippen molar-refractivity contribution >= 4 is 39.7 Å². The molecule has 0 fully saturated rings. The van der Waals surface area contributed by atoms with E-state index in [0.717, 1.165) is 5.91 Å². The zero-order valence-corrected chi connectivity index (χ0v) is 17.8. The van der Waals surface area contributed by atoms with E-state index >= 15 is 0 Å². The molecule has 4 nitrogen and oxygen atoms in total. The molecule has 1 atom stereocenters. The van der Waals surface area contributed by atoms with Gasteiger partial charge in [-0.15, -0.1) is 13.2 Å². The second kappa shape index (κ2) is 6.77. The van der Waals surface area contributed by atoms with Crippen molar-refractivity contribution in [3.63, 3.8) is 0 Å². The number of rotatable bonds is 9. The summed E-state index contributed by atoms with van der Waals surface area (Å²) < 4.78 is 18.4. The fourth-order valence-electron chi connectivity index (χ4n) is 1.83. The normalized spacial score (nSPS) is 16.4. The Bertz CT molecular complexity index is 382. The molecule has 0 saturated heterocycles. The van der Waals surface area contributed by atoms with Crippen LogP contribution in [0.3, 0.4) is 0 Å². The van der Waals surface area contributed by atoms with E-state index in [9.17, 15) is 4.79 Å². The average Bonchev–Trinajstić information content (AvgIpc) is 2.26. The lowest BCUT2D eigenvalue weighted by Crippen LogP contribution is -2.57. The van der Waals surface area contributed by atoms with Gasteiger partial charge in [0.15, 0.2) is 8.32 Å². The maximum Gasteiger partial charge on any atom is 0.342 e. The molecule has 116 valence electrons. The average molecular weight is 349 g/mol. The highest BCUT2D eigenvalue weighted by atomic mass is 28.5. The summed E-state index contributed by atoms with van der Waals surface area (Å²) in [5, 5.41) is 0. The van der Waals surface area contributed by atoms with Crippen LogP contribution in [0.5, 0.6) is 0 Å². The molecule has 0 radical (unpaired) electrons. The highest BCUT2D eigenvalue weighted by Gasteiger charge is 2.44. The largest absolute Gasteiger partial charge is 0.433 e. The second-order valence-electron chi connectivity index (χ2n) is 6.45. The molecule has 0 aromatic rings. The summed E-state index contributed by atoms with van der Waals surface area (Å²) in [5.41, 5.74) is 3.62. The molecule has 1 unspecified atom stereocenters. The number of hydrogen-bond donors (Lipinski definition) is 0. The van der Waals surface area contributed by atoms with Gasteiger partial charge in [-0.3, -0.25) is 0 Å². The lowest BCUT2D eigenvalue weighted by atomic mass is 11.3. The van der Waals surface area contributed by atoms with E-state index < -0.39 is 33.8 Å². The minimum Gasteiger partial charge on any atom is -0.433 e. The van der Waals surface area contributed by atoms with Crippen LogP contribution in [0.1, 0.15) is 0 Å². The summed E-state index contributed by atoms with van der Waals surface area (Å²) in [6.45, 7) is 21.4. The Labute approximate surface area is 127 Å². The van der Waals surface area contributed by atoms with E-state index in [0.29, 0.717) is 0 Å². The fourth-order valence-corrected chi connectivity index (χ4v) is 17.3. The maximum atomic E-state index is 11.1. The van der Waals surface area contributed by atoms with E-state index in [1.54, 1.807) is 5.70 Å². The highest BCUT2D eigenvalue weighted by molar-refractivity contribution is 7.01. The molecule has 0 saturated carbocycles. The van der Waals surface area contributed by atoms with Gasteiger partial charge in [-0.25, -0.2) is 0 Å². The molecule has 0 N–H and O–H groups in total. The first-order valence-electron chi connectivity index (χ1n) is 6.64. The standard InChI is InChI=1S/C12H28O4Si4/c1-10-17(3,4)14-19(7,8)16-20(9,11-2)15-18(5,6)12-13/h10-12H,1-2H2,3-9H3. The molecule has 20 heavy (non-hydrogen) atoms. The predicted molar refractivity (Wildman–Crippen MR) is 94.5 cm³/mol. The Morgan fingerprint density at radius 1 is 0.750 bits per heavy atom. The third-order valence-corrected chi connectivity index (χ3v) is 16.2. The lowest BCUT2D eigenvalue weighted by molar-refractivity contribution is 0.338. The van der Waals surface area contributed by atoms with Gasteiger partial charge in [-0.1, -0.05) is 11.4 Å². The minimum atomic E-state index is -2.61. The molecule has 0 rings (SSSR count). The van der Waals surface area contributed by atoms with Gasteiger partial charge in [-0.2, -0.15) is 0 Å². The Hall–Kier alpha value is -0.102. The fraction of sp³-hybridized carbons (Fsp3) is 0.583. The first kappa shape index (κ1) is 19.9. The highest BCUT2D eigenvalue weighted by Crippen LogP contribution is 2.24. The molecule has 8 heteroatoms. The number of hydrogen-bond acceptors (Lipinski definition) is 4. The van der Waals surface area contributed by atoms with Crippen LogP contribution in [0.2, 0.25) is 45.8 Å². The van der Waals surface area contributed by atoms with Crippen LogP contribution in [0, 0.1) is 0 Å². The molecule has 0 heterocycles. The van der Waals surface area contributed by atoms with Crippen LogP contribution in [0.25, 0.3) is 0 Å². The summed E-state index contributed by atoms with van der Waals surface area (Å²) >= 11 is 0. The number of carbonyl (C=O) groups excluding carboxylic acids is 1. The van der Waals surface area contributed by atoms with Crippen LogP contribution in [-0.2, 0) is 17.1 Å². The van der Waals surface area contributed by atoms with Gasteiger partial charge in [0.25, 0.3) is 0 Å². The smallest absolute Gasteiger partial charge is 0.342 e. The van der Waals surface area contributed by atoms with Gasteiger partial charge in [0.05, 0.1) is 0 Å². The third kappa shape index (κ3) is 7.06. The summed E-state index contributed by atoms with van der Waals surface area (Å²) in [5.74, 6) is 0.920. The molecule has 0 aromatic heterocycles. The predicted octanol–water partition coefficient (Wildman–Crippen LogP) is 3.44. The van der Waals surface area contributed by atoms with Crippen molar-refractivity contribution in [1.29, 1.82) is 0 Å². The van der Waals surface area contributed by atoms with Gasteiger partial charge in [-0.05, 0) is 45.8 Å². The Morgan fingerprint density at radius 2 is 1.25 bits per heavy atom. The van der Waals surface area contributed by atoms with E-state index in [2.05, 4.69) is 26.3 Å². The zero-order valence-electron chi connectivity index (χ0n) is 13.8. The summed E-state index contributed by atoms with van der Waals surface area (Å²) in [4.78, 5) is 11.1. The van der Waals surface area contributed by atoms with Crippen molar-refractivity contribution in [3.05, 3.63) is 24.6 Å². The molecule has 0 aliphatic rings. The van der Waals surface area contributed by atoms with Gasteiger partial charge >= 0.3 is 17.1 Å². The molecule has 0 bridgehead atoms. The van der Waals surface area contributed by atoms with Crippen molar-refractivity contribution in [2.45, 2.75) is 45.8 Å². The van der Waals surface area contributed by atoms with Gasteiger partial charge in [0.2, 0.25) is 8.32 Å². The van der Waals surface area contributed by atoms with Crippen LogP contribution in [0.4, 0.5) is 0 Å². The molecule has 0 aromatic carbocycles. The summed E-state index contributed by atoms with van der Waals surface area (Å²) in [7, 11) is -9.25. The van der Waals surface area contributed by atoms with E-state index in [1.807, 2.05) is 38.4 Å². The van der Waals surface area contributed by atoms with E-state index in [1.165, 1.54) is 0 Å². The molecule has 0 spiro atoms. The Morgan fingerprint density at radius 3 is 1.60 bits per heavy atom. The monoisotopic (exact) mass is 348 g/mol. The van der Waals surface area contributed by atoms with Crippen molar-refractivity contribution in [1.82, 2.24) is 0 Å². The molecule has 0 aliphatic carbocycles. The van der Waals surface area contributed by atoms with Crippen molar-refractivity contribution in [2.24, 2.45) is 0 Å². The van der Waals surface area contributed by atoms with Crippen molar-refractivity contribution < 1.29 is 17.1 Å². The maximum absolute atomic E-state index is 11.1. The first-order valence-corrected chi connectivity index (χ1v) is 17.8. The molecular formula is C12H28O4Si4. The van der Waals surface area contributed by atoms with E-state index in [4.69, 9.17) is 12.3 Å². The summed E-state index contributed by atoms with van der Waals surface area (Å²) in [6, 6.07) is 0. The van der Waals surface area contributed by atoms with Crippen LogP contribution in [-0.4, -0.2) is 39.7 Å². The van der Waals surface area contributed by atoms with Crippen LogP contribution in [0.15, 0.2) is 24.6 Å². The van der Waals surface area contributed by atoms with Crippen molar-refractivity contribution in [3.8, 4) is 0 Å². The Balaban J connectivity index is 5.06. The number of carbonyl (C=O) groups is 1. The van der Waals surface area contributed by atoms with E-state index in [-0.39, 0.29) is 0 Å². The van der Waals surface area contributed by atoms with Crippen LogP contribution < -0.4 is 0 Å². The Kier molecular flexibility index (Phi) is 6.74. The van der Waals surface area contributed by atoms with Gasteiger partial charge < -0.3 is 17.1 Å². The van der Waals surface area contributed by atoms with Gasteiger partial charge in [0, 0.05) is 0 Å². The van der Waals surface area contributed by atoms with Crippen molar-refractivity contribution in [2.75, 3.05) is 0 Å². The molecule has 0 amide bonds. The van der Waals surface area contributed by atoms with Crippen LogP contribution >= 0.6 is 0 Å². The SMILES string of the molecule is C=C[Si](C)(C)O[Si](C)(C)O[Si](C)(C=C)O[Si](C)(C)C=O. The van der Waals surface area contributed by atoms with Gasteiger partial charge in [0.1, 0.15) is 5.91 Å². The lowest BCUT2D eigenvalue weighted by Gasteiger charge is -2.39. The first-order chi connectivity index (χ1) is 8.80. The molecular weight excluding hydrogens is 320 g/mol. The third-order valence-electron chi connectivity index (χ3n) is 2.57. The summed E-state index contributed by atoms with van der Waals surface area (Å²) in [6.07, 6.45) is 0. The second-order valence-corrected chi connectivity index (χ2v) is 21.2. The molecule has 0 aliphatic heterocycles. The topological polar surface area (TPSA) is 44.8 Å². The quantitative estimate of drug-likeness (QED) is 0.473. The zero-order chi connectivity index (χ0) is 16.2. The minimum absolute atomic E-state index is 0.920.